The summed E-state index contributed by atoms with van der Waals surface area (Å²) in [5.74, 6) is 0.586. The molecule has 2 N–H and O–H groups in total. The van der Waals surface area contributed by atoms with Gasteiger partial charge in [0.1, 0.15) is 6.10 Å². The molecule has 1 aromatic heterocycles. The summed E-state index contributed by atoms with van der Waals surface area (Å²) >= 11 is 1.66. The number of ether oxygens (including phenoxy) is 1. The lowest BCUT2D eigenvalue weighted by molar-refractivity contribution is -0.140. The van der Waals surface area contributed by atoms with Crippen LogP contribution in [-0.2, 0) is 9.53 Å². The lowest BCUT2D eigenvalue weighted by Gasteiger charge is -2.35. The van der Waals surface area contributed by atoms with Crippen molar-refractivity contribution in [3.8, 4) is 0 Å². The standard InChI is InChI=1S/C16H26N6O2S/c1-20(2)14(23)13-4-3-12(24-13)11-19-15(17)21-6-8-22(9-7-21)16-18-5-10-25-16/h5,10,12-13H,3-4,6-9,11H2,1-2H3,(H2,17,19). The van der Waals surface area contributed by atoms with Crippen molar-refractivity contribution in [1.82, 2.24) is 14.8 Å². The normalized spacial score (nSPS) is 24.6. The Morgan fingerprint density at radius 1 is 1.40 bits per heavy atom. The fourth-order valence-corrected chi connectivity index (χ4v) is 3.80. The minimum Gasteiger partial charge on any atom is -0.370 e. The number of amides is 1. The molecule has 1 amide bonds. The Kier molecular flexibility index (Phi) is 5.74. The topological polar surface area (TPSA) is 87.3 Å². The number of rotatable bonds is 4. The number of piperazine rings is 1. The first-order valence-electron chi connectivity index (χ1n) is 8.60. The first kappa shape index (κ1) is 17.9. The number of hydrogen-bond acceptors (Lipinski definition) is 6. The molecule has 2 aliphatic rings. The summed E-state index contributed by atoms with van der Waals surface area (Å²) in [6.07, 6.45) is 3.07. The second-order valence-corrected chi connectivity index (χ2v) is 7.42. The van der Waals surface area contributed by atoms with Crippen LogP contribution >= 0.6 is 11.3 Å². The Morgan fingerprint density at radius 2 is 2.16 bits per heavy atom. The monoisotopic (exact) mass is 366 g/mol. The van der Waals surface area contributed by atoms with Crippen LogP contribution in [-0.4, -0.2) is 85.7 Å². The number of nitrogens with two attached hydrogens (primary N) is 1. The number of aromatic nitrogens is 1. The Hall–Kier alpha value is -1.87. The van der Waals surface area contributed by atoms with Crippen LogP contribution in [0.25, 0.3) is 0 Å². The maximum atomic E-state index is 11.9. The maximum Gasteiger partial charge on any atom is 0.251 e. The van der Waals surface area contributed by atoms with Gasteiger partial charge in [-0.05, 0) is 12.8 Å². The molecule has 2 fully saturated rings. The van der Waals surface area contributed by atoms with Crippen LogP contribution in [0.3, 0.4) is 0 Å². The highest BCUT2D eigenvalue weighted by molar-refractivity contribution is 7.13. The van der Waals surface area contributed by atoms with Crippen molar-refractivity contribution in [1.29, 1.82) is 0 Å². The highest BCUT2D eigenvalue weighted by Gasteiger charge is 2.31. The van der Waals surface area contributed by atoms with Gasteiger partial charge >= 0.3 is 0 Å². The third-order valence-electron chi connectivity index (χ3n) is 4.57. The quantitative estimate of drug-likeness (QED) is 0.606. The number of guanidine groups is 1. The largest absolute Gasteiger partial charge is 0.370 e. The van der Waals surface area contributed by atoms with E-state index in [0.717, 1.165) is 44.2 Å². The summed E-state index contributed by atoms with van der Waals surface area (Å²) < 4.78 is 5.80. The average Bonchev–Trinajstić information content (AvgIpc) is 3.31. The summed E-state index contributed by atoms with van der Waals surface area (Å²) in [5.41, 5.74) is 6.15. The van der Waals surface area contributed by atoms with Crippen molar-refractivity contribution < 1.29 is 9.53 Å². The van der Waals surface area contributed by atoms with Gasteiger partial charge in [0.15, 0.2) is 11.1 Å². The number of anilines is 1. The molecule has 2 aliphatic heterocycles. The molecule has 8 nitrogen and oxygen atoms in total. The lowest BCUT2D eigenvalue weighted by atomic mass is 10.2. The van der Waals surface area contributed by atoms with Gasteiger partial charge in [-0.25, -0.2) is 4.98 Å². The molecule has 0 radical (unpaired) electrons. The molecule has 0 saturated carbocycles. The van der Waals surface area contributed by atoms with E-state index >= 15 is 0 Å². The molecule has 1 aromatic rings. The first-order valence-corrected chi connectivity index (χ1v) is 9.48. The van der Waals surface area contributed by atoms with Crippen molar-refractivity contribution in [2.75, 3.05) is 51.7 Å². The number of likely N-dealkylation sites (N-methyl/N-ethyl adjacent to an activating group) is 1. The van der Waals surface area contributed by atoms with Gasteiger partial charge in [-0.1, -0.05) is 0 Å². The van der Waals surface area contributed by atoms with Crippen molar-refractivity contribution >= 4 is 28.3 Å². The highest BCUT2D eigenvalue weighted by Crippen LogP contribution is 2.21. The first-order chi connectivity index (χ1) is 12.0. The van der Waals surface area contributed by atoms with Gasteiger partial charge in [0, 0.05) is 51.9 Å². The summed E-state index contributed by atoms with van der Waals surface area (Å²) in [7, 11) is 3.50. The Bertz CT molecular complexity index is 598. The van der Waals surface area contributed by atoms with E-state index in [1.807, 2.05) is 11.6 Å². The number of thiazole rings is 1. The molecule has 2 atom stereocenters. The average molecular weight is 366 g/mol. The van der Waals surface area contributed by atoms with E-state index in [-0.39, 0.29) is 18.1 Å². The maximum absolute atomic E-state index is 11.9. The second kappa shape index (κ2) is 8.01. The van der Waals surface area contributed by atoms with Gasteiger partial charge in [-0.3, -0.25) is 9.79 Å². The molecule has 0 spiro atoms. The van der Waals surface area contributed by atoms with E-state index in [1.54, 1.807) is 30.3 Å². The van der Waals surface area contributed by atoms with Crippen LogP contribution in [0.5, 0.6) is 0 Å². The Labute approximate surface area is 152 Å². The molecule has 25 heavy (non-hydrogen) atoms. The molecular formula is C16H26N6O2S. The zero-order valence-corrected chi connectivity index (χ0v) is 15.6. The number of nitrogens with zero attached hydrogens (tertiary/aromatic N) is 5. The smallest absolute Gasteiger partial charge is 0.251 e. The van der Waals surface area contributed by atoms with E-state index in [2.05, 4.69) is 19.8 Å². The van der Waals surface area contributed by atoms with Crippen LogP contribution in [0.1, 0.15) is 12.8 Å². The lowest BCUT2D eigenvalue weighted by Crippen LogP contribution is -2.51. The molecule has 3 rings (SSSR count). The van der Waals surface area contributed by atoms with Gasteiger partial charge in [0.25, 0.3) is 5.91 Å². The molecule has 2 unspecified atom stereocenters. The van der Waals surface area contributed by atoms with E-state index in [9.17, 15) is 4.79 Å². The van der Waals surface area contributed by atoms with Gasteiger partial charge in [0.2, 0.25) is 0 Å². The van der Waals surface area contributed by atoms with Gasteiger partial charge in [-0.2, -0.15) is 0 Å². The number of aliphatic imine (C=N–C) groups is 1. The third-order valence-corrected chi connectivity index (χ3v) is 5.41. The second-order valence-electron chi connectivity index (χ2n) is 6.54. The fourth-order valence-electron chi connectivity index (χ4n) is 3.10. The number of carbonyl (C=O) groups excluding carboxylic acids is 1. The van der Waals surface area contributed by atoms with E-state index < -0.39 is 0 Å². The van der Waals surface area contributed by atoms with Gasteiger partial charge in [-0.15, -0.1) is 11.3 Å². The molecule has 2 saturated heterocycles. The summed E-state index contributed by atoms with van der Waals surface area (Å²) in [6, 6.07) is 0. The molecule has 0 aliphatic carbocycles. The summed E-state index contributed by atoms with van der Waals surface area (Å²) in [5, 5.41) is 3.05. The zero-order chi connectivity index (χ0) is 17.8. The van der Waals surface area contributed by atoms with Crippen LogP contribution in [0.2, 0.25) is 0 Å². The van der Waals surface area contributed by atoms with E-state index in [1.165, 1.54) is 0 Å². The van der Waals surface area contributed by atoms with Crippen LogP contribution < -0.4 is 10.6 Å². The summed E-state index contributed by atoms with van der Waals surface area (Å²) in [6.45, 7) is 3.96. The van der Waals surface area contributed by atoms with E-state index in [4.69, 9.17) is 10.5 Å². The van der Waals surface area contributed by atoms with Crippen LogP contribution in [0.15, 0.2) is 16.6 Å². The molecular weight excluding hydrogens is 340 g/mol. The zero-order valence-electron chi connectivity index (χ0n) is 14.8. The van der Waals surface area contributed by atoms with E-state index in [0.29, 0.717) is 12.5 Å². The van der Waals surface area contributed by atoms with Crippen LogP contribution in [0, 0.1) is 0 Å². The van der Waals surface area contributed by atoms with Gasteiger partial charge in [0.05, 0.1) is 12.6 Å². The minimum atomic E-state index is -0.335. The predicted molar refractivity (Wildman–Crippen MR) is 99.0 cm³/mol. The van der Waals surface area contributed by atoms with Crippen molar-refractivity contribution in [3.05, 3.63) is 11.6 Å². The molecule has 9 heteroatoms. The van der Waals surface area contributed by atoms with Crippen molar-refractivity contribution in [3.63, 3.8) is 0 Å². The van der Waals surface area contributed by atoms with Crippen molar-refractivity contribution in [2.45, 2.75) is 25.0 Å². The van der Waals surface area contributed by atoms with Crippen molar-refractivity contribution in [2.24, 2.45) is 10.7 Å². The third kappa shape index (κ3) is 4.40. The van der Waals surface area contributed by atoms with Gasteiger partial charge < -0.3 is 25.2 Å². The highest BCUT2D eigenvalue weighted by atomic mass is 32.1. The summed E-state index contributed by atoms with van der Waals surface area (Å²) in [4.78, 5) is 26.7. The van der Waals surface area contributed by atoms with Crippen LogP contribution in [0.4, 0.5) is 5.13 Å². The minimum absolute atomic E-state index is 0.0240. The molecule has 3 heterocycles. The molecule has 138 valence electrons. The Balaban J connectivity index is 1.44. The SMILES string of the molecule is CN(C)C(=O)C1CCC(CN=C(N)N2CCN(c3nccs3)CC2)O1. The number of hydrogen-bond donors (Lipinski definition) is 1. The molecule has 0 aromatic carbocycles. The molecule has 0 bridgehead atoms. The number of carbonyl (C=O) groups is 1. The fraction of sp³-hybridized carbons (Fsp3) is 0.688. The predicted octanol–water partition coefficient (Wildman–Crippen LogP) is 0.216. The Morgan fingerprint density at radius 3 is 2.80 bits per heavy atom.